The summed E-state index contributed by atoms with van der Waals surface area (Å²) in [5.41, 5.74) is 1.87. The van der Waals surface area contributed by atoms with Crippen molar-refractivity contribution in [2.45, 2.75) is 19.3 Å². The molecule has 8 heteroatoms. The van der Waals surface area contributed by atoms with Crippen LogP contribution in [-0.4, -0.2) is 39.9 Å². The first-order chi connectivity index (χ1) is 8.20. The van der Waals surface area contributed by atoms with E-state index in [1.807, 2.05) is 5.43 Å². The SMILES string of the molecule is NNC(=O)c1nc(CC(=O)N2CCCC2)no1. The highest BCUT2D eigenvalue weighted by atomic mass is 16.5. The summed E-state index contributed by atoms with van der Waals surface area (Å²) in [7, 11) is 0. The Morgan fingerprint density at radius 2 is 2.12 bits per heavy atom. The molecule has 1 fully saturated rings. The molecule has 1 aromatic rings. The smallest absolute Gasteiger partial charge is 0.323 e. The third kappa shape index (κ3) is 2.59. The Morgan fingerprint density at radius 1 is 1.41 bits per heavy atom. The van der Waals surface area contributed by atoms with Crippen molar-refractivity contribution in [1.82, 2.24) is 20.5 Å². The number of nitrogens with two attached hydrogens (primary N) is 1. The van der Waals surface area contributed by atoms with Gasteiger partial charge in [0.25, 0.3) is 0 Å². The van der Waals surface area contributed by atoms with Crippen molar-refractivity contribution in [3.8, 4) is 0 Å². The molecule has 0 radical (unpaired) electrons. The second kappa shape index (κ2) is 4.91. The van der Waals surface area contributed by atoms with E-state index in [-0.39, 0.29) is 24.0 Å². The molecule has 0 aromatic carbocycles. The number of nitrogens with one attached hydrogen (secondary N) is 1. The standard InChI is InChI=1S/C9H13N5O3/c10-12-8(16)9-11-6(13-17-9)5-7(15)14-3-1-2-4-14/h1-5,10H2,(H,12,16). The topological polar surface area (TPSA) is 114 Å². The van der Waals surface area contributed by atoms with Gasteiger partial charge in [0.2, 0.25) is 5.91 Å². The fourth-order valence-electron chi connectivity index (χ4n) is 1.69. The number of nitrogen functional groups attached to an aromatic ring is 1. The van der Waals surface area contributed by atoms with Gasteiger partial charge in [-0.25, -0.2) is 5.84 Å². The van der Waals surface area contributed by atoms with E-state index in [1.165, 1.54) is 0 Å². The van der Waals surface area contributed by atoms with E-state index in [9.17, 15) is 9.59 Å². The fourth-order valence-corrected chi connectivity index (χ4v) is 1.69. The highest BCUT2D eigenvalue weighted by Gasteiger charge is 2.21. The first-order valence-corrected chi connectivity index (χ1v) is 5.32. The van der Waals surface area contributed by atoms with Crippen molar-refractivity contribution in [3.63, 3.8) is 0 Å². The minimum absolute atomic E-state index is 0.0430. The molecule has 0 saturated carbocycles. The van der Waals surface area contributed by atoms with Gasteiger partial charge in [-0.1, -0.05) is 5.16 Å². The van der Waals surface area contributed by atoms with Crippen molar-refractivity contribution in [2.75, 3.05) is 13.1 Å². The maximum atomic E-state index is 11.7. The molecule has 2 rings (SSSR count). The predicted molar refractivity (Wildman–Crippen MR) is 55.5 cm³/mol. The number of carbonyl (C=O) groups is 2. The fraction of sp³-hybridized carbons (Fsp3) is 0.556. The second-order valence-electron chi connectivity index (χ2n) is 3.75. The van der Waals surface area contributed by atoms with E-state index in [0.29, 0.717) is 0 Å². The van der Waals surface area contributed by atoms with Gasteiger partial charge in [-0.05, 0) is 12.8 Å². The first-order valence-electron chi connectivity index (χ1n) is 5.32. The number of nitrogens with zero attached hydrogens (tertiary/aromatic N) is 3. The largest absolute Gasteiger partial charge is 0.342 e. The van der Waals surface area contributed by atoms with Crippen LogP contribution in [0.3, 0.4) is 0 Å². The van der Waals surface area contributed by atoms with Crippen LogP contribution in [-0.2, 0) is 11.2 Å². The van der Waals surface area contributed by atoms with Crippen molar-refractivity contribution in [2.24, 2.45) is 5.84 Å². The average molecular weight is 239 g/mol. The van der Waals surface area contributed by atoms with Gasteiger partial charge in [-0.15, -0.1) is 0 Å². The van der Waals surface area contributed by atoms with Gasteiger partial charge in [0.15, 0.2) is 5.82 Å². The third-order valence-corrected chi connectivity index (χ3v) is 2.56. The second-order valence-corrected chi connectivity index (χ2v) is 3.75. The van der Waals surface area contributed by atoms with Crippen molar-refractivity contribution < 1.29 is 14.1 Å². The van der Waals surface area contributed by atoms with Gasteiger partial charge in [0.05, 0.1) is 6.42 Å². The van der Waals surface area contributed by atoms with Crippen LogP contribution in [0, 0.1) is 0 Å². The molecule has 1 aromatic heterocycles. The Morgan fingerprint density at radius 3 is 2.76 bits per heavy atom. The van der Waals surface area contributed by atoms with Crippen LogP contribution in [0.15, 0.2) is 4.52 Å². The molecule has 1 aliphatic heterocycles. The minimum atomic E-state index is -0.669. The number of hydrogen-bond acceptors (Lipinski definition) is 6. The summed E-state index contributed by atoms with van der Waals surface area (Å²) in [5, 5.41) is 3.55. The maximum absolute atomic E-state index is 11.7. The lowest BCUT2D eigenvalue weighted by atomic mass is 10.3. The zero-order valence-corrected chi connectivity index (χ0v) is 9.18. The molecule has 0 bridgehead atoms. The molecule has 2 heterocycles. The van der Waals surface area contributed by atoms with Gasteiger partial charge < -0.3 is 9.42 Å². The van der Waals surface area contributed by atoms with Crippen LogP contribution < -0.4 is 11.3 Å². The molecule has 0 atom stereocenters. The van der Waals surface area contributed by atoms with Gasteiger partial charge in [0.1, 0.15) is 0 Å². The summed E-state index contributed by atoms with van der Waals surface area (Å²) in [6, 6.07) is 0. The van der Waals surface area contributed by atoms with E-state index in [2.05, 4.69) is 14.7 Å². The van der Waals surface area contributed by atoms with Gasteiger partial charge >= 0.3 is 11.8 Å². The predicted octanol–water partition coefficient (Wildman–Crippen LogP) is -1.16. The van der Waals surface area contributed by atoms with Gasteiger partial charge in [-0.3, -0.25) is 15.0 Å². The monoisotopic (exact) mass is 239 g/mol. The Kier molecular flexibility index (Phi) is 3.33. The lowest BCUT2D eigenvalue weighted by Gasteiger charge is -2.13. The number of hydrazine groups is 1. The average Bonchev–Trinajstić information content (AvgIpc) is 2.98. The van der Waals surface area contributed by atoms with Crippen molar-refractivity contribution in [3.05, 3.63) is 11.7 Å². The molecule has 1 aliphatic rings. The van der Waals surface area contributed by atoms with E-state index < -0.39 is 5.91 Å². The highest BCUT2D eigenvalue weighted by molar-refractivity contribution is 5.89. The number of likely N-dealkylation sites (tertiary alicyclic amines) is 1. The van der Waals surface area contributed by atoms with E-state index in [4.69, 9.17) is 5.84 Å². The molecular weight excluding hydrogens is 226 g/mol. The van der Waals surface area contributed by atoms with Crippen LogP contribution in [0.25, 0.3) is 0 Å². The quantitative estimate of drug-likeness (QED) is 0.390. The molecule has 0 unspecified atom stereocenters. The van der Waals surface area contributed by atoms with E-state index in [1.54, 1.807) is 4.90 Å². The molecule has 8 nitrogen and oxygen atoms in total. The molecule has 0 spiro atoms. The minimum Gasteiger partial charge on any atom is -0.342 e. The van der Waals surface area contributed by atoms with Gasteiger partial charge in [0, 0.05) is 13.1 Å². The summed E-state index contributed by atoms with van der Waals surface area (Å²) in [5.74, 6) is 4.15. The Balaban J connectivity index is 1.96. The zero-order chi connectivity index (χ0) is 12.3. The zero-order valence-electron chi connectivity index (χ0n) is 9.18. The molecule has 92 valence electrons. The first kappa shape index (κ1) is 11.5. The highest BCUT2D eigenvalue weighted by Crippen LogP contribution is 2.09. The van der Waals surface area contributed by atoms with Crippen molar-refractivity contribution in [1.29, 1.82) is 0 Å². The normalized spacial score (nSPS) is 15.0. The van der Waals surface area contributed by atoms with E-state index >= 15 is 0 Å². The molecule has 17 heavy (non-hydrogen) atoms. The summed E-state index contributed by atoms with van der Waals surface area (Å²) in [4.78, 5) is 28.3. The summed E-state index contributed by atoms with van der Waals surface area (Å²) < 4.78 is 4.66. The summed E-state index contributed by atoms with van der Waals surface area (Å²) >= 11 is 0. The van der Waals surface area contributed by atoms with E-state index in [0.717, 1.165) is 25.9 Å². The number of aromatic nitrogens is 2. The maximum Gasteiger partial charge on any atom is 0.323 e. The lowest BCUT2D eigenvalue weighted by molar-refractivity contribution is -0.129. The Bertz CT molecular complexity index is 424. The molecule has 2 amide bonds. The lowest BCUT2D eigenvalue weighted by Crippen LogP contribution is -2.30. The molecular formula is C9H13N5O3. The Labute approximate surface area is 97.1 Å². The summed E-state index contributed by atoms with van der Waals surface area (Å²) in [6.45, 7) is 1.54. The number of hydrogen-bond donors (Lipinski definition) is 2. The molecule has 3 N–H and O–H groups in total. The molecule has 1 saturated heterocycles. The van der Waals surface area contributed by atoms with Crippen LogP contribution in [0.5, 0.6) is 0 Å². The Hall–Kier alpha value is -1.96. The number of rotatable bonds is 3. The summed E-state index contributed by atoms with van der Waals surface area (Å²) in [6.07, 6.45) is 2.10. The number of carbonyl (C=O) groups excluding carboxylic acids is 2. The van der Waals surface area contributed by atoms with Crippen molar-refractivity contribution >= 4 is 11.8 Å². The van der Waals surface area contributed by atoms with Crippen LogP contribution >= 0.6 is 0 Å². The third-order valence-electron chi connectivity index (χ3n) is 2.56. The number of amides is 2. The van der Waals surface area contributed by atoms with Gasteiger partial charge in [-0.2, -0.15) is 4.98 Å². The van der Waals surface area contributed by atoms with Crippen LogP contribution in [0.4, 0.5) is 0 Å². The molecule has 0 aliphatic carbocycles. The van der Waals surface area contributed by atoms with Crippen LogP contribution in [0.1, 0.15) is 29.4 Å². The van der Waals surface area contributed by atoms with Crippen LogP contribution in [0.2, 0.25) is 0 Å².